The van der Waals surface area contributed by atoms with Gasteiger partial charge in [0.15, 0.2) is 0 Å². The first-order valence-electron chi connectivity index (χ1n) is 7.53. The van der Waals surface area contributed by atoms with Gasteiger partial charge in [0.25, 0.3) is 0 Å². The van der Waals surface area contributed by atoms with Gasteiger partial charge < -0.3 is 5.32 Å². The van der Waals surface area contributed by atoms with E-state index < -0.39 is 0 Å². The highest BCUT2D eigenvalue weighted by atomic mass is 32.1. The molecule has 1 saturated heterocycles. The Morgan fingerprint density at radius 2 is 2.00 bits per heavy atom. The van der Waals surface area contributed by atoms with Crippen LogP contribution in [-0.4, -0.2) is 23.9 Å². The topological polar surface area (TPSA) is 42.0 Å². The molecule has 21 heavy (non-hydrogen) atoms. The van der Waals surface area contributed by atoms with Gasteiger partial charge >= 0.3 is 0 Å². The molecule has 0 amide bonds. The van der Waals surface area contributed by atoms with Crippen molar-refractivity contribution in [1.29, 1.82) is 0 Å². The average Bonchev–Trinajstić information content (AvgIpc) is 2.97. The van der Waals surface area contributed by atoms with Crippen molar-refractivity contribution in [2.24, 2.45) is 5.92 Å². The zero-order valence-corrected chi connectivity index (χ0v) is 12.9. The summed E-state index contributed by atoms with van der Waals surface area (Å²) in [4.78, 5) is 16.8. The van der Waals surface area contributed by atoms with Gasteiger partial charge in [-0.2, -0.15) is 0 Å². The van der Waals surface area contributed by atoms with Crippen LogP contribution in [0, 0.1) is 5.92 Å². The van der Waals surface area contributed by atoms with E-state index in [9.17, 15) is 4.79 Å². The average molecular weight is 300 g/mol. The molecule has 3 rings (SSSR count). The first-order chi connectivity index (χ1) is 10.3. The Hall–Kier alpha value is -1.52. The van der Waals surface area contributed by atoms with Crippen LogP contribution in [-0.2, 0) is 11.2 Å². The van der Waals surface area contributed by atoms with Crippen molar-refractivity contribution in [3.8, 4) is 11.3 Å². The smallest absolute Gasteiger partial charge is 0.139 e. The molecule has 4 heteroatoms. The van der Waals surface area contributed by atoms with Gasteiger partial charge in [-0.3, -0.25) is 4.79 Å². The van der Waals surface area contributed by atoms with Gasteiger partial charge in [0.05, 0.1) is 12.1 Å². The number of nitrogens with one attached hydrogen (secondary N) is 1. The molecular formula is C17H20N2OS. The zero-order valence-electron chi connectivity index (χ0n) is 12.0. The van der Waals surface area contributed by atoms with E-state index in [1.165, 1.54) is 0 Å². The normalized spacial score (nSPS) is 16.0. The van der Waals surface area contributed by atoms with Crippen LogP contribution in [0.15, 0.2) is 35.7 Å². The third kappa shape index (κ3) is 3.99. The Labute approximate surface area is 129 Å². The Bertz CT molecular complexity index is 588. The van der Waals surface area contributed by atoms with E-state index in [1.807, 2.05) is 23.6 Å². The molecule has 0 spiro atoms. The maximum Gasteiger partial charge on any atom is 0.139 e. The first-order valence-corrected chi connectivity index (χ1v) is 8.41. The molecule has 0 radical (unpaired) electrons. The first kappa shape index (κ1) is 14.4. The second-order valence-corrected chi connectivity index (χ2v) is 6.55. The highest BCUT2D eigenvalue weighted by Crippen LogP contribution is 2.23. The molecule has 2 heterocycles. The summed E-state index contributed by atoms with van der Waals surface area (Å²) in [7, 11) is 0. The fraction of sp³-hybridized carbons (Fsp3) is 0.412. The SMILES string of the molecule is O=C(Cc1nc(-c2ccccc2)cs1)CC1CCNCC1. The van der Waals surface area contributed by atoms with E-state index in [-0.39, 0.29) is 0 Å². The van der Waals surface area contributed by atoms with Crippen molar-refractivity contribution in [3.05, 3.63) is 40.7 Å². The van der Waals surface area contributed by atoms with Gasteiger partial charge in [-0.1, -0.05) is 30.3 Å². The van der Waals surface area contributed by atoms with E-state index in [0.717, 1.165) is 42.2 Å². The predicted octanol–water partition coefficient (Wildman–Crippen LogP) is 3.31. The third-order valence-corrected chi connectivity index (χ3v) is 4.79. The second kappa shape index (κ2) is 6.96. The number of hydrogen-bond acceptors (Lipinski definition) is 4. The molecule has 2 aromatic rings. The summed E-state index contributed by atoms with van der Waals surface area (Å²) in [5, 5.41) is 6.32. The monoisotopic (exact) mass is 300 g/mol. The van der Waals surface area contributed by atoms with Crippen LogP contribution in [0.1, 0.15) is 24.3 Å². The summed E-state index contributed by atoms with van der Waals surface area (Å²) in [6, 6.07) is 10.1. The van der Waals surface area contributed by atoms with E-state index in [0.29, 0.717) is 24.5 Å². The maximum atomic E-state index is 12.2. The summed E-state index contributed by atoms with van der Waals surface area (Å²) in [5.74, 6) is 0.892. The van der Waals surface area contributed by atoms with Crippen molar-refractivity contribution in [2.45, 2.75) is 25.7 Å². The fourth-order valence-corrected chi connectivity index (χ4v) is 3.61. The number of thiazole rings is 1. The molecule has 3 nitrogen and oxygen atoms in total. The maximum absolute atomic E-state index is 12.2. The number of carbonyl (C=O) groups excluding carboxylic acids is 1. The van der Waals surface area contributed by atoms with Crippen molar-refractivity contribution < 1.29 is 4.79 Å². The molecule has 1 aliphatic rings. The highest BCUT2D eigenvalue weighted by molar-refractivity contribution is 7.10. The van der Waals surface area contributed by atoms with Crippen LogP contribution in [0.25, 0.3) is 11.3 Å². The second-order valence-electron chi connectivity index (χ2n) is 5.61. The van der Waals surface area contributed by atoms with Crippen LogP contribution in [0.5, 0.6) is 0 Å². The van der Waals surface area contributed by atoms with Gasteiger partial charge in [-0.15, -0.1) is 11.3 Å². The van der Waals surface area contributed by atoms with Gasteiger partial charge in [0.2, 0.25) is 0 Å². The van der Waals surface area contributed by atoms with Crippen LogP contribution in [0.2, 0.25) is 0 Å². The molecule has 1 aromatic heterocycles. The Morgan fingerprint density at radius 3 is 2.76 bits per heavy atom. The van der Waals surface area contributed by atoms with Crippen molar-refractivity contribution in [2.75, 3.05) is 13.1 Å². The minimum atomic E-state index is 0.330. The van der Waals surface area contributed by atoms with Crippen LogP contribution < -0.4 is 5.32 Å². The molecule has 1 aliphatic heterocycles. The summed E-state index contributed by atoms with van der Waals surface area (Å²) in [5.41, 5.74) is 2.09. The third-order valence-electron chi connectivity index (χ3n) is 3.94. The molecule has 0 atom stereocenters. The lowest BCUT2D eigenvalue weighted by Crippen LogP contribution is -2.29. The van der Waals surface area contributed by atoms with Crippen LogP contribution in [0.4, 0.5) is 0 Å². The molecule has 1 aromatic carbocycles. The molecule has 0 saturated carbocycles. The number of nitrogens with zero attached hydrogens (tertiary/aromatic N) is 1. The van der Waals surface area contributed by atoms with Gasteiger partial charge in [-0.25, -0.2) is 4.98 Å². The quantitative estimate of drug-likeness (QED) is 0.921. The molecule has 1 N–H and O–H groups in total. The molecule has 0 unspecified atom stereocenters. The van der Waals surface area contributed by atoms with Crippen molar-refractivity contribution in [1.82, 2.24) is 10.3 Å². The number of Topliss-reactive ketones (excluding diaryl/α,β-unsaturated/α-hetero) is 1. The number of aromatic nitrogens is 1. The molecular weight excluding hydrogens is 280 g/mol. The highest BCUT2D eigenvalue weighted by Gasteiger charge is 2.17. The molecule has 0 bridgehead atoms. The summed E-state index contributed by atoms with van der Waals surface area (Å²) < 4.78 is 0. The number of piperidine rings is 1. The minimum absolute atomic E-state index is 0.330. The molecule has 0 aliphatic carbocycles. The largest absolute Gasteiger partial charge is 0.317 e. The number of rotatable bonds is 5. The zero-order chi connectivity index (χ0) is 14.5. The van der Waals surface area contributed by atoms with E-state index in [2.05, 4.69) is 22.4 Å². The summed E-state index contributed by atoms with van der Waals surface area (Å²) >= 11 is 1.59. The standard InChI is InChI=1S/C17H20N2OS/c20-15(10-13-6-8-18-9-7-13)11-17-19-16(12-21-17)14-4-2-1-3-5-14/h1-5,12-13,18H,6-11H2. The number of carbonyl (C=O) groups is 1. The lowest BCUT2D eigenvalue weighted by Gasteiger charge is -2.21. The van der Waals surface area contributed by atoms with E-state index >= 15 is 0 Å². The van der Waals surface area contributed by atoms with Gasteiger partial charge in [0, 0.05) is 17.4 Å². The van der Waals surface area contributed by atoms with Gasteiger partial charge in [-0.05, 0) is 31.8 Å². The Morgan fingerprint density at radius 1 is 1.24 bits per heavy atom. The number of ketones is 1. The Kier molecular flexibility index (Phi) is 4.78. The molecule has 1 fully saturated rings. The van der Waals surface area contributed by atoms with Crippen molar-refractivity contribution >= 4 is 17.1 Å². The number of benzene rings is 1. The lowest BCUT2D eigenvalue weighted by molar-refractivity contribution is -0.119. The van der Waals surface area contributed by atoms with Crippen molar-refractivity contribution in [3.63, 3.8) is 0 Å². The predicted molar refractivity (Wildman–Crippen MR) is 86.5 cm³/mol. The lowest BCUT2D eigenvalue weighted by atomic mass is 9.92. The number of hydrogen-bond donors (Lipinski definition) is 1. The van der Waals surface area contributed by atoms with E-state index in [4.69, 9.17) is 0 Å². The van der Waals surface area contributed by atoms with Crippen LogP contribution in [0.3, 0.4) is 0 Å². The summed E-state index contributed by atoms with van der Waals surface area (Å²) in [6.45, 7) is 2.10. The minimum Gasteiger partial charge on any atom is -0.317 e. The Balaban J connectivity index is 1.58. The summed E-state index contributed by atoms with van der Waals surface area (Å²) in [6.07, 6.45) is 3.45. The van der Waals surface area contributed by atoms with Gasteiger partial charge in [0.1, 0.15) is 10.8 Å². The fourth-order valence-electron chi connectivity index (χ4n) is 2.78. The molecule has 110 valence electrons. The van der Waals surface area contributed by atoms with Crippen LogP contribution >= 0.6 is 11.3 Å². The van der Waals surface area contributed by atoms with E-state index in [1.54, 1.807) is 11.3 Å².